The summed E-state index contributed by atoms with van der Waals surface area (Å²) < 4.78 is 0. The Morgan fingerprint density at radius 1 is 1.71 bits per heavy atom. The van der Waals surface area contributed by atoms with E-state index >= 15 is 0 Å². The molecule has 1 aromatic rings. The van der Waals surface area contributed by atoms with E-state index in [2.05, 4.69) is 20.3 Å². The highest BCUT2D eigenvalue weighted by atomic mass is 35.5. The second-order valence-electron chi connectivity index (χ2n) is 2.71. The van der Waals surface area contributed by atoms with Crippen LogP contribution in [-0.2, 0) is 14.4 Å². The van der Waals surface area contributed by atoms with Crippen LogP contribution in [0.5, 0.6) is 0 Å². The summed E-state index contributed by atoms with van der Waals surface area (Å²) in [7, 11) is 1.28. The van der Waals surface area contributed by atoms with Crippen molar-refractivity contribution in [1.82, 2.24) is 4.98 Å². The number of hydrogen-bond acceptors (Lipinski definition) is 6. The van der Waals surface area contributed by atoms with Gasteiger partial charge in [0.1, 0.15) is 18.7 Å². The molecule has 0 saturated heterocycles. The van der Waals surface area contributed by atoms with Gasteiger partial charge in [0.05, 0.1) is 0 Å². The average Bonchev–Trinajstić information content (AvgIpc) is 2.73. The molecule has 1 heterocycles. The second kappa shape index (κ2) is 6.16. The predicted molar refractivity (Wildman–Crippen MR) is 64.2 cm³/mol. The number of alkyl halides is 1. The van der Waals surface area contributed by atoms with Crippen LogP contribution in [0.4, 0.5) is 5.13 Å². The number of halogens is 1. The van der Waals surface area contributed by atoms with Crippen LogP contribution >= 0.6 is 22.9 Å². The van der Waals surface area contributed by atoms with Crippen LogP contribution in [0.25, 0.3) is 0 Å². The second-order valence-corrected chi connectivity index (χ2v) is 3.83. The molecule has 0 saturated carbocycles. The third-order valence-corrected chi connectivity index (χ3v) is 2.53. The number of nitrogens with two attached hydrogens (primary N) is 1. The molecular weight excluding hydrogens is 268 g/mol. The molecule has 0 spiro atoms. The largest absolute Gasteiger partial charge is 0.398 e. The molecule has 0 aliphatic rings. The number of carbonyl (C=O) groups excluding carboxylic acids is 2. The Morgan fingerprint density at radius 2 is 2.41 bits per heavy atom. The zero-order valence-corrected chi connectivity index (χ0v) is 10.3. The van der Waals surface area contributed by atoms with Crippen LogP contribution in [-0.4, -0.2) is 35.5 Å². The molecule has 0 unspecified atom stereocenters. The Kier molecular flexibility index (Phi) is 4.85. The van der Waals surface area contributed by atoms with Crippen LogP contribution in [0.15, 0.2) is 10.5 Å². The van der Waals surface area contributed by atoms with Crippen LogP contribution < -0.4 is 11.1 Å². The standard InChI is InChI=1S/C8H9ClN4O3S/c1-16-13-6(7(10)15)4-3-17-8(11-4)12-5(14)2-9/h3H,2H2,1H3,(H2,10,15)(H,11,12,14)/b13-6-. The summed E-state index contributed by atoms with van der Waals surface area (Å²) in [6.45, 7) is 0. The highest BCUT2D eigenvalue weighted by molar-refractivity contribution is 7.14. The Labute approximate surface area is 106 Å². The Hall–Kier alpha value is -1.67. The number of thiazole rings is 1. The van der Waals surface area contributed by atoms with E-state index in [0.717, 1.165) is 11.3 Å². The molecule has 0 bridgehead atoms. The van der Waals surface area contributed by atoms with Crippen molar-refractivity contribution in [2.45, 2.75) is 0 Å². The highest BCUT2D eigenvalue weighted by Gasteiger charge is 2.16. The van der Waals surface area contributed by atoms with Gasteiger partial charge < -0.3 is 15.9 Å². The number of primary amides is 1. The summed E-state index contributed by atoms with van der Waals surface area (Å²) in [5.41, 5.74) is 5.21. The van der Waals surface area contributed by atoms with Crippen LogP contribution in [0.1, 0.15) is 5.69 Å². The van der Waals surface area contributed by atoms with E-state index in [0.29, 0.717) is 5.13 Å². The van der Waals surface area contributed by atoms with E-state index in [-0.39, 0.29) is 17.3 Å². The molecule has 92 valence electrons. The van der Waals surface area contributed by atoms with Gasteiger partial charge in [0.25, 0.3) is 5.91 Å². The first-order valence-corrected chi connectivity index (χ1v) is 5.72. The minimum absolute atomic E-state index is 0.116. The number of rotatable bonds is 5. The topological polar surface area (TPSA) is 107 Å². The van der Waals surface area contributed by atoms with E-state index in [1.54, 1.807) is 0 Å². The fraction of sp³-hybridized carbons (Fsp3) is 0.250. The van der Waals surface area contributed by atoms with Crippen molar-refractivity contribution in [2.75, 3.05) is 18.3 Å². The normalized spacial score (nSPS) is 11.1. The number of carbonyl (C=O) groups is 2. The van der Waals surface area contributed by atoms with E-state index in [1.165, 1.54) is 12.5 Å². The van der Waals surface area contributed by atoms with Gasteiger partial charge in [-0.1, -0.05) is 5.16 Å². The molecule has 7 nitrogen and oxygen atoms in total. The molecule has 0 atom stereocenters. The first kappa shape index (κ1) is 13.4. The average molecular weight is 277 g/mol. The van der Waals surface area contributed by atoms with E-state index in [1.807, 2.05) is 0 Å². The summed E-state index contributed by atoms with van der Waals surface area (Å²) in [5, 5.41) is 7.71. The van der Waals surface area contributed by atoms with Crippen LogP contribution in [0.2, 0.25) is 0 Å². The van der Waals surface area contributed by atoms with Crippen LogP contribution in [0.3, 0.4) is 0 Å². The summed E-state index contributed by atoms with van der Waals surface area (Å²) in [5.74, 6) is -1.34. The zero-order chi connectivity index (χ0) is 12.8. The molecule has 0 aliphatic carbocycles. The quantitative estimate of drug-likeness (QED) is 0.454. The number of nitrogens with one attached hydrogen (secondary N) is 1. The van der Waals surface area contributed by atoms with Gasteiger partial charge in [0.15, 0.2) is 10.8 Å². The lowest BCUT2D eigenvalue weighted by molar-refractivity contribution is -0.114. The number of nitrogens with zero attached hydrogens (tertiary/aromatic N) is 2. The molecule has 0 aromatic carbocycles. The fourth-order valence-electron chi connectivity index (χ4n) is 0.902. The minimum Gasteiger partial charge on any atom is -0.398 e. The third kappa shape index (κ3) is 3.68. The number of anilines is 1. The van der Waals surface area contributed by atoms with Gasteiger partial charge in [-0.05, 0) is 0 Å². The van der Waals surface area contributed by atoms with Crippen LogP contribution in [0, 0.1) is 0 Å². The molecule has 17 heavy (non-hydrogen) atoms. The fourth-order valence-corrected chi connectivity index (χ4v) is 1.68. The van der Waals surface area contributed by atoms with Crippen molar-refractivity contribution in [1.29, 1.82) is 0 Å². The molecular formula is C8H9ClN4O3S. The molecule has 1 rings (SSSR count). The van der Waals surface area contributed by atoms with E-state index < -0.39 is 11.8 Å². The maximum atomic E-state index is 11.0. The van der Waals surface area contributed by atoms with Gasteiger partial charge in [-0.2, -0.15) is 0 Å². The van der Waals surface area contributed by atoms with Gasteiger partial charge in [0, 0.05) is 5.38 Å². The monoisotopic (exact) mass is 276 g/mol. The Bertz CT molecular complexity index is 459. The molecule has 0 aliphatic heterocycles. The van der Waals surface area contributed by atoms with E-state index in [4.69, 9.17) is 17.3 Å². The van der Waals surface area contributed by atoms with E-state index in [9.17, 15) is 9.59 Å². The number of aromatic nitrogens is 1. The van der Waals surface area contributed by atoms with Gasteiger partial charge in [0.2, 0.25) is 5.91 Å². The summed E-state index contributed by atoms with van der Waals surface area (Å²) >= 11 is 6.44. The number of hydrogen-bond donors (Lipinski definition) is 2. The van der Waals surface area contributed by atoms with Gasteiger partial charge in [-0.3, -0.25) is 9.59 Å². The zero-order valence-electron chi connectivity index (χ0n) is 8.77. The third-order valence-electron chi connectivity index (χ3n) is 1.53. The first-order valence-electron chi connectivity index (χ1n) is 4.31. The van der Waals surface area contributed by atoms with Crippen molar-refractivity contribution in [2.24, 2.45) is 10.9 Å². The summed E-state index contributed by atoms with van der Waals surface area (Å²) in [4.78, 5) is 30.5. The summed E-state index contributed by atoms with van der Waals surface area (Å²) in [6.07, 6.45) is 0. The number of amides is 2. The van der Waals surface area contributed by atoms with Gasteiger partial charge in [-0.15, -0.1) is 22.9 Å². The highest BCUT2D eigenvalue weighted by Crippen LogP contribution is 2.16. The molecule has 0 radical (unpaired) electrons. The Balaban J connectivity index is 2.89. The van der Waals surface area contributed by atoms with Gasteiger partial charge in [-0.25, -0.2) is 4.98 Å². The first-order chi connectivity index (χ1) is 8.08. The van der Waals surface area contributed by atoms with Gasteiger partial charge >= 0.3 is 0 Å². The summed E-state index contributed by atoms with van der Waals surface area (Å²) in [6, 6.07) is 0. The lowest BCUT2D eigenvalue weighted by Gasteiger charge is -1.97. The van der Waals surface area contributed by atoms with Crippen molar-refractivity contribution >= 4 is 45.6 Å². The lowest BCUT2D eigenvalue weighted by atomic mass is 10.3. The predicted octanol–water partition coefficient (Wildman–Crippen LogP) is 0.156. The molecule has 9 heteroatoms. The van der Waals surface area contributed by atoms with Crippen molar-refractivity contribution in [3.8, 4) is 0 Å². The van der Waals surface area contributed by atoms with Crippen molar-refractivity contribution in [3.05, 3.63) is 11.1 Å². The maximum Gasteiger partial charge on any atom is 0.273 e. The van der Waals surface area contributed by atoms with Crippen molar-refractivity contribution in [3.63, 3.8) is 0 Å². The smallest absolute Gasteiger partial charge is 0.273 e. The minimum atomic E-state index is -0.771. The lowest BCUT2D eigenvalue weighted by Crippen LogP contribution is -2.25. The van der Waals surface area contributed by atoms with Crippen molar-refractivity contribution < 1.29 is 14.4 Å². The number of oxime groups is 1. The molecule has 0 fully saturated rings. The molecule has 3 N–H and O–H groups in total. The maximum absolute atomic E-state index is 11.0. The Morgan fingerprint density at radius 3 is 2.94 bits per heavy atom. The molecule has 2 amide bonds. The molecule has 1 aromatic heterocycles. The SMILES string of the molecule is CO/N=C(\C(N)=O)c1csc(NC(=O)CCl)n1.